The SMILES string of the molecule is Cc1ccccc1NC(=O)COc1ccc(CN)cc1Cl. The van der Waals surface area contributed by atoms with Crippen molar-refractivity contribution >= 4 is 23.2 Å². The zero-order chi connectivity index (χ0) is 15.2. The second kappa shape index (κ2) is 7.11. The number of anilines is 1. The summed E-state index contributed by atoms with van der Waals surface area (Å²) in [7, 11) is 0. The van der Waals surface area contributed by atoms with Crippen LogP contribution >= 0.6 is 11.6 Å². The summed E-state index contributed by atoms with van der Waals surface area (Å²) in [4.78, 5) is 11.9. The molecule has 0 bridgehead atoms. The highest BCUT2D eigenvalue weighted by Gasteiger charge is 2.08. The molecule has 2 aromatic carbocycles. The molecule has 0 saturated carbocycles. The first-order valence-electron chi connectivity index (χ1n) is 6.57. The molecular weight excluding hydrogens is 288 g/mol. The van der Waals surface area contributed by atoms with Crippen molar-refractivity contribution in [3.05, 3.63) is 58.6 Å². The quantitative estimate of drug-likeness (QED) is 0.892. The van der Waals surface area contributed by atoms with Crippen LogP contribution in [0.15, 0.2) is 42.5 Å². The molecule has 0 heterocycles. The maximum Gasteiger partial charge on any atom is 0.262 e. The number of nitrogens with one attached hydrogen (secondary N) is 1. The first-order chi connectivity index (χ1) is 10.1. The summed E-state index contributed by atoms with van der Waals surface area (Å²) >= 11 is 6.06. The van der Waals surface area contributed by atoms with Crippen molar-refractivity contribution in [3.63, 3.8) is 0 Å². The zero-order valence-corrected chi connectivity index (χ0v) is 12.5. The number of benzene rings is 2. The normalized spacial score (nSPS) is 10.2. The Kier molecular flexibility index (Phi) is 5.20. The fourth-order valence-electron chi connectivity index (χ4n) is 1.83. The molecule has 0 fully saturated rings. The second-order valence-electron chi connectivity index (χ2n) is 4.62. The predicted molar refractivity (Wildman–Crippen MR) is 84.6 cm³/mol. The fraction of sp³-hybridized carbons (Fsp3) is 0.188. The molecule has 2 aromatic rings. The lowest BCUT2D eigenvalue weighted by molar-refractivity contribution is -0.118. The molecule has 2 rings (SSSR count). The van der Waals surface area contributed by atoms with Gasteiger partial charge in [-0.25, -0.2) is 0 Å². The van der Waals surface area contributed by atoms with Gasteiger partial charge in [-0.3, -0.25) is 4.79 Å². The molecule has 3 N–H and O–H groups in total. The third kappa shape index (κ3) is 4.21. The van der Waals surface area contributed by atoms with E-state index in [0.29, 0.717) is 17.3 Å². The van der Waals surface area contributed by atoms with Crippen molar-refractivity contribution in [1.82, 2.24) is 0 Å². The van der Waals surface area contributed by atoms with Gasteiger partial charge in [0.1, 0.15) is 5.75 Å². The van der Waals surface area contributed by atoms with Gasteiger partial charge in [0, 0.05) is 12.2 Å². The molecule has 0 unspecified atom stereocenters. The van der Waals surface area contributed by atoms with Crippen molar-refractivity contribution < 1.29 is 9.53 Å². The lowest BCUT2D eigenvalue weighted by Crippen LogP contribution is -2.20. The molecule has 0 aliphatic heterocycles. The summed E-state index contributed by atoms with van der Waals surface area (Å²) in [5, 5.41) is 3.24. The Labute approximate surface area is 128 Å². The van der Waals surface area contributed by atoms with Crippen molar-refractivity contribution in [3.8, 4) is 5.75 Å². The van der Waals surface area contributed by atoms with Crippen LogP contribution in [0.1, 0.15) is 11.1 Å². The molecular formula is C16H17ClN2O2. The average molecular weight is 305 g/mol. The number of carbonyl (C=O) groups is 1. The van der Waals surface area contributed by atoms with Gasteiger partial charge in [0.2, 0.25) is 0 Å². The standard InChI is InChI=1S/C16H17ClN2O2/c1-11-4-2-3-5-14(11)19-16(20)10-21-15-7-6-12(9-18)8-13(15)17/h2-8H,9-10,18H2,1H3,(H,19,20). The minimum atomic E-state index is -0.233. The van der Waals surface area contributed by atoms with E-state index < -0.39 is 0 Å². The summed E-state index contributed by atoms with van der Waals surface area (Å²) < 4.78 is 5.43. The number of amides is 1. The van der Waals surface area contributed by atoms with Crippen LogP contribution < -0.4 is 15.8 Å². The third-order valence-corrected chi connectivity index (χ3v) is 3.31. The Bertz CT molecular complexity index is 644. The van der Waals surface area contributed by atoms with Gasteiger partial charge in [0.05, 0.1) is 5.02 Å². The average Bonchev–Trinajstić information content (AvgIpc) is 2.48. The molecule has 110 valence electrons. The number of hydrogen-bond donors (Lipinski definition) is 2. The first-order valence-corrected chi connectivity index (χ1v) is 6.94. The van der Waals surface area contributed by atoms with E-state index in [1.54, 1.807) is 12.1 Å². The van der Waals surface area contributed by atoms with Gasteiger partial charge >= 0.3 is 0 Å². The Morgan fingerprint density at radius 3 is 2.71 bits per heavy atom. The third-order valence-electron chi connectivity index (χ3n) is 3.01. The molecule has 0 aromatic heterocycles. The summed E-state index contributed by atoms with van der Waals surface area (Å²) in [6.45, 7) is 2.24. The van der Waals surface area contributed by atoms with Crippen molar-refractivity contribution in [1.29, 1.82) is 0 Å². The lowest BCUT2D eigenvalue weighted by atomic mass is 10.2. The summed E-state index contributed by atoms with van der Waals surface area (Å²) in [6, 6.07) is 12.8. The molecule has 0 radical (unpaired) electrons. The molecule has 0 spiro atoms. The molecule has 1 amide bonds. The Hall–Kier alpha value is -2.04. The second-order valence-corrected chi connectivity index (χ2v) is 5.03. The summed E-state index contributed by atoms with van der Waals surface area (Å²) in [5.74, 6) is 0.233. The lowest BCUT2D eigenvalue weighted by Gasteiger charge is -2.11. The zero-order valence-electron chi connectivity index (χ0n) is 11.7. The number of rotatable bonds is 5. The molecule has 21 heavy (non-hydrogen) atoms. The number of aryl methyl sites for hydroxylation is 1. The molecule has 0 saturated heterocycles. The van der Waals surface area contributed by atoms with Crippen molar-refractivity contribution in [2.24, 2.45) is 5.73 Å². The van der Waals surface area contributed by atoms with E-state index in [1.165, 1.54) is 0 Å². The maximum absolute atomic E-state index is 11.9. The number of carbonyl (C=O) groups excluding carboxylic acids is 1. The van der Waals surface area contributed by atoms with Crippen LogP contribution in [0.5, 0.6) is 5.75 Å². The Morgan fingerprint density at radius 2 is 2.05 bits per heavy atom. The topological polar surface area (TPSA) is 64.3 Å². The van der Waals surface area contributed by atoms with E-state index in [0.717, 1.165) is 16.8 Å². The van der Waals surface area contributed by atoms with Gasteiger partial charge in [-0.2, -0.15) is 0 Å². The van der Waals surface area contributed by atoms with Crippen LogP contribution in [0.25, 0.3) is 0 Å². The largest absolute Gasteiger partial charge is 0.482 e. The van der Waals surface area contributed by atoms with Gasteiger partial charge in [-0.15, -0.1) is 0 Å². The highest BCUT2D eigenvalue weighted by Crippen LogP contribution is 2.25. The van der Waals surface area contributed by atoms with E-state index in [9.17, 15) is 4.79 Å². The van der Waals surface area contributed by atoms with E-state index in [1.807, 2.05) is 37.3 Å². The van der Waals surface area contributed by atoms with Crippen LogP contribution in [-0.4, -0.2) is 12.5 Å². The van der Waals surface area contributed by atoms with E-state index in [2.05, 4.69) is 5.32 Å². The fourth-order valence-corrected chi connectivity index (χ4v) is 2.09. The Morgan fingerprint density at radius 1 is 1.29 bits per heavy atom. The van der Waals surface area contributed by atoms with E-state index >= 15 is 0 Å². The van der Waals surface area contributed by atoms with Gasteiger partial charge in [0.25, 0.3) is 5.91 Å². The molecule has 0 aliphatic rings. The van der Waals surface area contributed by atoms with Crippen LogP contribution in [0, 0.1) is 6.92 Å². The van der Waals surface area contributed by atoms with Gasteiger partial charge in [-0.1, -0.05) is 35.9 Å². The maximum atomic E-state index is 11.9. The predicted octanol–water partition coefficient (Wildman–Crippen LogP) is 3.12. The van der Waals surface area contributed by atoms with Gasteiger partial charge in [-0.05, 0) is 36.2 Å². The van der Waals surface area contributed by atoms with Crippen molar-refractivity contribution in [2.75, 3.05) is 11.9 Å². The van der Waals surface area contributed by atoms with Crippen molar-refractivity contribution in [2.45, 2.75) is 13.5 Å². The van der Waals surface area contributed by atoms with Gasteiger partial charge in [0.15, 0.2) is 6.61 Å². The minimum absolute atomic E-state index is 0.101. The smallest absolute Gasteiger partial charge is 0.262 e. The van der Waals surface area contributed by atoms with Crippen LogP contribution in [0.2, 0.25) is 5.02 Å². The van der Waals surface area contributed by atoms with Crippen LogP contribution in [0.4, 0.5) is 5.69 Å². The van der Waals surface area contributed by atoms with Gasteiger partial charge < -0.3 is 15.8 Å². The van der Waals surface area contributed by atoms with E-state index in [-0.39, 0.29) is 12.5 Å². The monoisotopic (exact) mass is 304 g/mol. The molecule has 0 atom stereocenters. The van der Waals surface area contributed by atoms with Crippen LogP contribution in [0.3, 0.4) is 0 Å². The highest BCUT2D eigenvalue weighted by atomic mass is 35.5. The van der Waals surface area contributed by atoms with E-state index in [4.69, 9.17) is 22.1 Å². The number of halogens is 1. The minimum Gasteiger partial charge on any atom is -0.482 e. The first kappa shape index (κ1) is 15.4. The summed E-state index contributed by atoms with van der Waals surface area (Å²) in [5.41, 5.74) is 8.21. The highest BCUT2D eigenvalue weighted by molar-refractivity contribution is 6.32. The Balaban J connectivity index is 1.94. The van der Waals surface area contributed by atoms with Crippen LogP contribution in [-0.2, 0) is 11.3 Å². The summed E-state index contributed by atoms with van der Waals surface area (Å²) in [6.07, 6.45) is 0. The number of hydrogen-bond acceptors (Lipinski definition) is 3. The molecule has 4 nitrogen and oxygen atoms in total. The molecule has 5 heteroatoms. The number of nitrogens with two attached hydrogens (primary N) is 1. The number of para-hydroxylation sites is 1. The molecule has 0 aliphatic carbocycles. The number of ether oxygens (including phenoxy) is 1.